The molecule has 0 aliphatic carbocycles. The monoisotopic (exact) mass is 276 g/mol. The van der Waals surface area contributed by atoms with Crippen LogP contribution in [-0.4, -0.2) is 16.0 Å². The molecule has 0 fully saturated rings. The van der Waals surface area contributed by atoms with Gasteiger partial charge >= 0.3 is 5.97 Å². The maximum atomic E-state index is 11.2. The molecule has 0 amide bonds. The Hall–Kier alpha value is -2.67. The molecule has 2 aromatic rings. The predicted molar refractivity (Wildman–Crippen MR) is 69.3 cm³/mol. The van der Waals surface area contributed by atoms with Crippen LogP contribution in [0.2, 0.25) is 0 Å². The fourth-order valence-corrected chi connectivity index (χ4v) is 1.87. The standard InChI is InChI=1S/C13H12N2O5/c16-13(17)12-10(2-1-3-11(12)15(18)19)7-14-6-9-4-5-20-8-9/h1-5,8,14H,6-7H2,(H,16,17). The number of hydrogen-bond donors (Lipinski definition) is 2. The number of aromatic carboxylic acids is 1. The van der Waals surface area contributed by atoms with Crippen LogP contribution < -0.4 is 5.32 Å². The van der Waals surface area contributed by atoms with Crippen molar-refractivity contribution in [2.45, 2.75) is 13.1 Å². The summed E-state index contributed by atoms with van der Waals surface area (Å²) in [5, 5.41) is 23.0. The summed E-state index contributed by atoms with van der Waals surface area (Å²) in [6.45, 7) is 0.701. The predicted octanol–water partition coefficient (Wildman–Crippen LogP) is 2.18. The van der Waals surface area contributed by atoms with Gasteiger partial charge in [0.15, 0.2) is 0 Å². The summed E-state index contributed by atoms with van der Waals surface area (Å²) < 4.78 is 4.91. The van der Waals surface area contributed by atoms with Crippen molar-refractivity contribution in [3.8, 4) is 0 Å². The van der Waals surface area contributed by atoms with Crippen molar-refractivity contribution in [2.75, 3.05) is 0 Å². The van der Waals surface area contributed by atoms with Crippen LogP contribution in [0.5, 0.6) is 0 Å². The van der Waals surface area contributed by atoms with Crippen LogP contribution >= 0.6 is 0 Å². The summed E-state index contributed by atoms with van der Waals surface area (Å²) in [6.07, 6.45) is 3.10. The lowest BCUT2D eigenvalue weighted by Crippen LogP contribution is -2.16. The number of carbonyl (C=O) groups is 1. The molecule has 0 saturated carbocycles. The Morgan fingerprint density at radius 2 is 2.15 bits per heavy atom. The molecule has 2 N–H and O–H groups in total. The van der Waals surface area contributed by atoms with Crippen LogP contribution in [0.4, 0.5) is 5.69 Å². The fourth-order valence-electron chi connectivity index (χ4n) is 1.87. The van der Waals surface area contributed by atoms with E-state index in [2.05, 4.69) is 5.32 Å². The highest BCUT2D eigenvalue weighted by Gasteiger charge is 2.22. The van der Waals surface area contributed by atoms with Gasteiger partial charge in [-0.1, -0.05) is 12.1 Å². The second-order valence-electron chi connectivity index (χ2n) is 4.11. The van der Waals surface area contributed by atoms with E-state index in [9.17, 15) is 14.9 Å². The third-order valence-corrected chi connectivity index (χ3v) is 2.76. The van der Waals surface area contributed by atoms with Gasteiger partial charge in [-0.25, -0.2) is 4.79 Å². The van der Waals surface area contributed by atoms with Crippen LogP contribution in [-0.2, 0) is 13.1 Å². The van der Waals surface area contributed by atoms with Gasteiger partial charge in [0.2, 0.25) is 0 Å². The second-order valence-corrected chi connectivity index (χ2v) is 4.11. The maximum absolute atomic E-state index is 11.2. The third kappa shape index (κ3) is 3.01. The zero-order valence-corrected chi connectivity index (χ0v) is 10.4. The Bertz CT molecular complexity index is 622. The van der Waals surface area contributed by atoms with E-state index in [4.69, 9.17) is 9.52 Å². The van der Waals surface area contributed by atoms with Crippen LogP contribution in [0.25, 0.3) is 0 Å². The Kier molecular flexibility index (Phi) is 4.11. The second kappa shape index (κ2) is 5.98. The highest BCUT2D eigenvalue weighted by atomic mass is 16.6. The lowest BCUT2D eigenvalue weighted by Gasteiger charge is -2.07. The summed E-state index contributed by atoms with van der Waals surface area (Å²) in [4.78, 5) is 21.3. The van der Waals surface area contributed by atoms with Gasteiger partial charge in [0.1, 0.15) is 5.56 Å². The van der Waals surface area contributed by atoms with Crippen molar-refractivity contribution < 1.29 is 19.2 Å². The molecular formula is C13H12N2O5. The zero-order chi connectivity index (χ0) is 14.5. The lowest BCUT2D eigenvalue weighted by molar-refractivity contribution is -0.385. The quantitative estimate of drug-likeness (QED) is 0.618. The average molecular weight is 276 g/mol. The molecule has 2 rings (SSSR count). The van der Waals surface area contributed by atoms with E-state index in [0.29, 0.717) is 12.1 Å². The van der Waals surface area contributed by atoms with Gasteiger partial charge in [0.05, 0.1) is 17.4 Å². The molecule has 0 aliphatic rings. The summed E-state index contributed by atoms with van der Waals surface area (Å²) in [6, 6.07) is 5.99. The van der Waals surface area contributed by atoms with Gasteiger partial charge in [-0.2, -0.15) is 0 Å². The van der Waals surface area contributed by atoms with E-state index in [1.807, 2.05) is 0 Å². The van der Waals surface area contributed by atoms with Gasteiger partial charge in [0.25, 0.3) is 5.69 Å². The average Bonchev–Trinajstić information content (AvgIpc) is 2.91. The van der Waals surface area contributed by atoms with Crippen molar-refractivity contribution >= 4 is 11.7 Å². The molecule has 20 heavy (non-hydrogen) atoms. The summed E-state index contributed by atoms with van der Waals surface area (Å²) >= 11 is 0. The first-order valence-electron chi connectivity index (χ1n) is 5.81. The number of nitro groups is 1. The molecule has 1 heterocycles. The molecule has 1 aromatic heterocycles. The Morgan fingerprint density at radius 1 is 1.35 bits per heavy atom. The number of hydrogen-bond acceptors (Lipinski definition) is 5. The number of nitrogens with zero attached hydrogens (tertiary/aromatic N) is 1. The minimum absolute atomic E-state index is 0.217. The number of carboxylic acid groups (broad SMARTS) is 1. The molecular weight excluding hydrogens is 264 g/mol. The van der Waals surface area contributed by atoms with E-state index >= 15 is 0 Å². The minimum Gasteiger partial charge on any atom is -0.477 e. The van der Waals surface area contributed by atoms with Crippen molar-refractivity contribution in [1.29, 1.82) is 0 Å². The van der Waals surface area contributed by atoms with Crippen molar-refractivity contribution in [3.63, 3.8) is 0 Å². The first-order valence-corrected chi connectivity index (χ1v) is 5.81. The largest absolute Gasteiger partial charge is 0.477 e. The van der Waals surface area contributed by atoms with Gasteiger partial charge in [-0.3, -0.25) is 10.1 Å². The van der Waals surface area contributed by atoms with E-state index in [0.717, 1.165) is 5.56 Å². The Labute approximate surface area is 114 Å². The normalized spacial score (nSPS) is 10.4. The Morgan fingerprint density at radius 3 is 2.75 bits per heavy atom. The fraction of sp³-hybridized carbons (Fsp3) is 0.154. The SMILES string of the molecule is O=C(O)c1c(CNCc2ccoc2)cccc1[N+](=O)[O-]. The molecule has 0 spiro atoms. The smallest absolute Gasteiger partial charge is 0.343 e. The van der Waals surface area contributed by atoms with E-state index < -0.39 is 16.6 Å². The number of rotatable bonds is 6. The first-order chi connectivity index (χ1) is 9.59. The van der Waals surface area contributed by atoms with Gasteiger partial charge in [0, 0.05) is 24.7 Å². The van der Waals surface area contributed by atoms with Crippen molar-refractivity contribution in [3.05, 3.63) is 63.6 Å². The maximum Gasteiger partial charge on any atom is 0.343 e. The molecule has 7 heteroatoms. The molecule has 0 radical (unpaired) electrons. The summed E-state index contributed by atoms with van der Waals surface area (Å²) in [5.41, 5.74) is 0.597. The van der Waals surface area contributed by atoms with Crippen LogP contribution in [0.1, 0.15) is 21.5 Å². The summed E-state index contributed by atoms with van der Waals surface area (Å²) in [5.74, 6) is -1.31. The van der Waals surface area contributed by atoms with E-state index in [1.165, 1.54) is 18.4 Å². The molecule has 0 unspecified atom stereocenters. The highest BCUT2D eigenvalue weighted by molar-refractivity contribution is 5.94. The molecule has 1 aromatic carbocycles. The summed E-state index contributed by atoms with van der Waals surface area (Å²) in [7, 11) is 0. The van der Waals surface area contributed by atoms with Crippen LogP contribution in [0.3, 0.4) is 0 Å². The Balaban J connectivity index is 2.16. The first kappa shape index (κ1) is 13.8. The van der Waals surface area contributed by atoms with Crippen LogP contribution in [0.15, 0.2) is 41.2 Å². The van der Waals surface area contributed by atoms with Gasteiger partial charge in [-0.15, -0.1) is 0 Å². The number of benzene rings is 1. The minimum atomic E-state index is -1.31. The third-order valence-electron chi connectivity index (χ3n) is 2.76. The highest BCUT2D eigenvalue weighted by Crippen LogP contribution is 2.22. The molecule has 0 saturated heterocycles. The van der Waals surface area contributed by atoms with Crippen molar-refractivity contribution in [1.82, 2.24) is 5.32 Å². The number of nitrogens with one attached hydrogen (secondary N) is 1. The number of furan rings is 1. The lowest BCUT2D eigenvalue weighted by atomic mass is 10.1. The topological polar surface area (TPSA) is 106 Å². The molecule has 104 valence electrons. The molecule has 0 aliphatic heterocycles. The van der Waals surface area contributed by atoms with Gasteiger partial charge < -0.3 is 14.8 Å². The van der Waals surface area contributed by atoms with Gasteiger partial charge in [-0.05, 0) is 11.6 Å². The van der Waals surface area contributed by atoms with Crippen LogP contribution in [0, 0.1) is 10.1 Å². The van der Waals surface area contributed by atoms with Crippen molar-refractivity contribution in [2.24, 2.45) is 0 Å². The molecule has 0 atom stereocenters. The molecule has 7 nitrogen and oxygen atoms in total. The van der Waals surface area contributed by atoms with E-state index in [-0.39, 0.29) is 12.1 Å². The molecule has 0 bridgehead atoms. The number of nitro benzene ring substituents is 1. The number of carboxylic acids is 1. The zero-order valence-electron chi connectivity index (χ0n) is 10.4. The van der Waals surface area contributed by atoms with E-state index in [1.54, 1.807) is 18.4 Å².